The minimum absolute atomic E-state index is 0.0313. The van der Waals surface area contributed by atoms with Crippen LogP contribution < -0.4 is 5.73 Å². The molecular weight excluding hydrogens is 232 g/mol. The average molecular weight is 254 g/mol. The number of likely N-dealkylation sites (tertiary alicyclic amines) is 1. The van der Waals surface area contributed by atoms with E-state index in [9.17, 15) is 9.59 Å². The Hall–Kier alpha value is -1.10. The number of amides is 1. The number of carboxylic acid groups (broad SMARTS) is 1. The summed E-state index contributed by atoms with van der Waals surface area (Å²) in [6.07, 6.45) is 2.11. The van der Waals surface area contributed by atoms with Gasteiger partial charge in [-0.05, 0) is 30.6 Å². The molecule has 0 radical (unpaired) electrons. The number of fused-ring (bicyclic) bond motifs is 1. The molecule has 5 nitrogen and oxygen atoms in total. The number of piperidine rings is 1. The van der Waals surface area contributed by atoms with E-state index in [1.54, 1.807) is 0 Å². The van der Waals surface area contributed by atoms with Crippen LogP contribution in [0.1, 0.15) is 40.0 Å². The molecule has 2 aliphatic rings. The minimum atomic E-state index is -0.904. The summed E-state index contributed by atoms with van der Waals surface area (Å²) in [4.78, 5) is 25.0. The van der Waals surface area contributed by atoms with E-state index in [-0.39, 0.29) is 17.4 Å². The number of aliphatic carboxylic acids is 1. The van der Waals surface area contributed by atoms with Crippen LogP contribution >= 0.6 is 0 Å². The van der Waals surface area contributed by atoms with E-state index in [1.165, 1.54) is 4.90 Å². The number of hydrogen-bond donors (Lipinski definition) is 2. The van der Waals surface area contributed by atoms with Crippen LogP contribution in [0.4, 0.5) is 0 Å². The Labute approximate surface area is 107 Å². The predicted octanol–water partition coefficient (Wildman–Crippen LogP) is 0.824. The Kier molecular flexibility index (Phi) is 3.13. The Morgan fingerprint density at radius 1 is 1.39 bits per heavy atom. The second-order valence-electron chi connectivity index (χ2n) is 6.77. The van der Waals surface area contributed by atoms with Crippen molar-refractivity contribution in [1.29, 1.82) is 0 Å². The van der Waals surface area contributed by atoms with Crippen molar-refractivity contribution in [2.24, 2.45) is 17.1 Å². The van der Waals surface area contributed by atoms with E-state index in [0.29, 0.717) is 18.8 Å². The molecule has 4 atom stereocenters. The van der Waals surface area contributed by atoms with Gasteiger partial charge in [0, 0.05) is 6.04 Å². The third kappa shape index (κ3) is 2.51. The molecule has 0 unspecified atom stereocenters. The summed E-state index contributed by atoms with van der Waals surface area (Å²) in [5, 5.41) is 9.15. The summed E-state index contributed by atoms with van der Waals surface area (Å²) in [5.74, 6) is -0.710. The summed E-state index contributed by atoms with van der Waals surface area (Å²) in [6, 6.07) is -1.12. The summed E-state index contributed by atoms with van der Waals surface area (Å²) >= 11 is 0. The van der Waals surface area contributed by atoms with E-state index in [4.69, 9.17) is 10.8 Å². The molecule has 1 saturated carbocycles. The first-order valence-corrected chi connectivity index (χ1v) is 6.51. The smallest absolute Gasteiger partial charge is 0.326 e. The van der Waals surface area contributed by atoms with Gasteiger partial charge in [-0.2, -0.15) is 0 Å². The lowest BCUT2D eigenvalue weighted by atomic mass is 9.88. The lowest BCUT2D eigenvalue weighted by Gasteiger charge is -2.30. The van der Waals surface area contributed by atoms with Crippen LogP contribution in [0.3, 0.4) is 0 Å². The number of carbonyl (C=O) groups excluding carboxylic acids is 1. The van der Waals surface area contributed by atoms with E-state index in [2.05, 4.69) is 0 Å². The van der Waals surface area contributed by atoms with Crippen molar-refractivity contribution in [1.82, 2.24) is 4.90 Å². The molecule has 1 aliphatic heterocycles. The van der Waals surface area contributed by atoms with Crippen molar-refractivity contribution in [3.8, 4) is 0 Å². The molecule has 2 fully saturated rings. The zero-order valence-corrected chi connectivity index (χ0v) is 11.2. The first kappa shape index (κ1) is 13.3. The van der Waals surface area contributed by atoms with Crippen LogP contribution in [0.5, 0.6) is 0 Å². The van der Waals surface area contributed by atoms with Gasteiger partial charge < -0.3 is 15.7 Å². The van der Waals surface area contributed by atoms with Crippen molar-refractivity contribution in [2.45, 2.75) is 58.2 Å². The zero-order chi connectivity index (χ0) is 13.7. The standard InChI is InChI=1S/C13H22N2O3/c1-13(2,3)6-8(14)11(16)15-9-4-7(9)5-10(15)12(17)18/h7-10H,4-6,14H2,1-3H3,(H,17,18)/t7-,8-,9-,10+/m1/s1. The van der Waals surface area contributed by atoms with Crippen LogP contribution in [-0.2, 0) is 9.59 Å². The molecule has 1 heterocycles. The molecule has 18 heavy (non-hydrogen) atoms. The van der Waals surface area contributed by atoms with Gasteiger partial charge in [-0.25, -0.2) is 4.79 Å². The molecule has 0 aromatic heterocycles. The number of hydrogen-bond acceptors (Lipinski definition) is 3. The van der Waals surface area contributed by atoms with Crippen molar-refractivity contribution in [3.05, 3.63) is 0 Å². The molecule has 0 spiro atoms. The summed E-state index contributed by atoms with van der Waals surface area (Å²) in [7, 11) is 0. The van der Waals surface area contributed by atoms with Gasteiger partial charge in [-0.15, -0.1) is 0 Å². The summed E-state index contributed by atoms with van der Waals surface area (Å²) in [5.41, 5.74) is 5.91. The first-order valence-electron chi connectivity index (χ1n) is 6.51. The molecule has 2 rings (SSSR count). The van der Waals surface area contributed by atoms with Crippen LogP contribution in [0.15, 0.2) is 0 Å². The predicted molar refractivity (Wildman–Crippen MR) is 66.8 cm³/mol. The fourth-order valence-corrected chi connectivity index (χ4v) is 2.93. The van der Waals surface area contributed by atoms with E-state index >= 15 is 0 Å². The van der Waals surface area contributed by atoms with E-state index < -0.39 is 18.1 Å². The summed E-state index contributed by atoms with van der Waals surface area (Å²) in [6.45, 7) is 6.08. The fraction of sp³-hybridized carbons (Fsp3) is 0.846. The highest BCUT2D eigenvalue weighted by atomic mass is 16.4. The van der Waals surface area contributed by atoms with Gasteiger partial charge in [0.15, 0.2) is 0 Å². The maximum atomic E-state index is 12.3. The van der Waals surface area contributed by atoms with Gasteiger partial charge in [0.05, 0.1) is 6.04 Å². The van der Waals surface area contributed by atoms with Crippen molar-refractivity contribution < 1.29 is 14.7 Å². The highest BCUT2D eigenvalue weighted by Crippen LogP contribution is 2.48. The molecule has 3 N–H and O–H groups in total. The molecule has 1 amide bonds. The van der Waals surface area contributed by atoms with Crippen molar-refractivity contribution in [3.63, 3.8) is 0 Å². The number of rotatable bonds is 3. The van der Waals surface area contributed by atoms with Gasteiger partial charge in [-0.3, -0.25) is 4.79 Å². The molecule has 1 aliphatic carbocycles. The fourth-order valence-electron chi connectivity index (χ4n) is 2.93. The van der Waals surface area contributed by atoms with Gasteiger partial charge in [0.1, 0.15) is 6.04 Å². The highest BCUT2D eigenvalue weighted by molar-refractivity contribution is 5.88. The molecule has 5 heteroatoms. The maximum absolute atomic E-state index is 12.3. The number of carboxylic acids is 1. The Balaban J connectivity index is 2.05. The molecule has 0 bridgehead atoms. The first-order chi connectivity index (χ1) is 8.20. The maximum Gasteiger partial charge on any atom is 0.326 e. The van der Waals surface area contributed by atoms with Gasteiger partial charge >= 0.3 is 5.97 Å². The second-order valence-corrected chi connectivity index (χ2v) is 6.77. The van der Waals surface area contributed by atoms with Crippen LogP contribution in [0.2, 0.25) is 0 Å². The third-order valence-electron chi connectivity index (χ3n) is 3.79. The Morgan fingerprint density at radius 2 is 2.00 bits per heavy atom. The third-order valence-corrected chi connectivity index (χ3v) is 3.79. The largest absolute Gasteiger partial charge is 0.480 e. The SMILES string of the molecule is CC(C)(C)C[C@@H](N)C(=O)N1[C@@H]2C[C@@H]2C[C@H]1C(=O)O. The van der Waals surface area contributed by atoms with Gasteiger partial charge in [-0.1, -0.05) is 20.8 Å². The molecule has 102 valence electrons. The highest BCUT2D eigenvalue weighted by Gasteiger charge is 2.56. The van der Waals surface area contributed by atoms with Crippen LogP contribution in [-0.4, -0.2) is 40.0 Å². The topological polar surface area (TPSA) is 83.6 Å². The van der Waals surface area contributed by atoms with Crippen molar-refractivity contribution in [2.75, 3.05) is 0 Å². The number of nitrogens with zero attached hydrogens (tertiary/aromatic N) is 1. The minimum Gasteiger partial charge on any atom is -0.480 e. The van der Waals surface area contributed by atoms with Crippen LogP contribution in [0.25, 0.3) is 0 Å². The monoisotopic (exact) mass is 254 g/mol. The summed E-state index contributed by atoms with van der Waals surface area (Å²) < 4.78 is 0. The Bertz CT molecular complexity index is 375. The van der Waals surface area contributed by atoms with Gasteiger partial charge in [0.2, 0.25) is 5.91 Å². The van der Waals surface area contributed by atoms with Gasteiger partial charge in [0.25, 0.3) is 0 Å². The lowest BCUT2D eigenvalue weighted by Crippen LogP contribution is -2.51. The quantitative estimate of drug-likeness (QED) is 0.781. The molecular formula is C13H22N2O3. The molecule has 1 saturated heterocycles. The Morgan fingerprint density at radius 3 is 2.50 bits per heavy atom. The van der Waals surface area contributed by atoms with Crippen LogP contribution in [0, 0.1) is 11.3 Å². The molecule has 0 aromatic rings. The normalized spacial score (nSPS) is 32.0. The number of carbonyl (C=O) groups is 2. The van der Waals surface area contributed by atoms with E-state index in [0.717, 1.165) is 6.42 Å². The lowest BCUT2D eigenvalue weighted by molar-refractivity contribution is -0.150. The van der Waals surface area contributed by atoms with Crippen molar-refractivity contribution >= 4 is 11.9 Å². The zero-order valence-electron chi connectivity index (χ0n) is 11.2. The second kappa shape index (κ2) is 4.23. The average Bonchev–Trinajstić information content (AvgIpc) is 2.86. The molecule has 0 aromatic carbocycles. The number of nitrogens with two attached hydrogens (primary N) is 1. The van der Waals surface area contributed by atoms with E-state index in [1.807, 2.05) is 20.8 Å².